The van der Waals surface area contributed by atoms with E-state index in [1.807, 2.05) is 0 Å². The van der Waals surface area contributed by atoms with Gasteiger partial charge in [0.1, 0.15) is 5.51 Å². The first-order chi connectivity index (χ1) is 6.77. The second-order valence-corrected chi connectivity index (χ2v) is 3.28. The van der Waals surface area contributed by atoms with Gasteiger partial charge in [0.2, 0.25) is 5.13 Å². The van der Waals surface area contributed by atoms with Crippen LogP contribution in [0.25, 0.3) is 0 Å². The van der Waals surface area contributed by atoms with Crippen LogP contribution in [0.15, 0.2) is 10.8 Å². The van der Waals surface area contributed by atoms with E-state index in [0.717, 1.165) is 11.3 Å². The maximum atomic E-state index is 11.2. The Hall–Kier alpha value is -1.28. The lowest BCUT2D eigenvalue weighted by Crippen LogP contribution is -2.31. The van der Waals surface area contributed by atoms with E-state index in [9.17, 15) is 9.70 Å². The minimum Gasteiger partial charge on any atom is -0.280 e. The number of carbonyl (C=O) groups is 1. The van der Waals surface area contributed by atoms with Crippen molar-refractivity contribution in [2.24, 2.45) is 5.29 Å². The number of aromatic nitrogens is 2. The molecule has 1 N–H and O–H groups in total. The number of rotatable bonds is 4. The van der Waals surface area contributed by atoms with Crippen molar-refractivity contribution in [2.45, 2.75) is 0 Å². The highest BCUT2D eigenvalue weighted by molar-refractivity contribution is 7.13. The average Bonchev–Trinajstić information content (AvgIpc) is 2.66. The molecule has 0 saturated heterocycles. The summed E-state index contributed by atoms with van der Waals surface area (Å²) in [7, 11) is 0. The Balaban J connectivity index is 2.51. The lowest BCUT2D eigenvalue weighted by atomic mass is 10.7. The molecule has 0 bridgehead atoms. The molecule has 0 radical (unpaired) electrons. The van der Waals surface area contributed by atoms with E-state index >= 15 is 0 Å². The Morgan fingerprint density at radius 3 is 3.07 bits per heavy atom. The fourth-order valence-corrected chi connectivity index (χ4v) is 1.24. The van der Waals surface area contributed by atoms with Crippen molar-refractivity contribution in [2.75, 3.05) is 17.7 Å². The Morgan fingerprint density at radius 2 is 2.57 bits per heavy atom. The standard InChI is InChI=1S/C5H6ClN5O2S/c6-1-2-11(10-13)5(12)8-4-9-7-3-14-4/h3H,1-2H2,(H,8,9,12). The van der Waals surface area contributed by atoms with Gasteiger partial charge in [-0.3, -0.25) is 5.32 Å². The van der Waals surface area contributed by atoms with Crippen LogP contribution in [0.1, 0.15) is 0 Å². The zero-order valence-corrected chi connectivity index (χ0v) is 8.46. The molecule has 7 nitrogen and oxygen atoms in total. The van der Waals surface area contributed by atoms with Crippen LogP contribution >= 0.6 is 22.9 Å². The fourth-order valence-electron chi connectivity index (χ4n) is 0.643. The van der Waals surface area contributed by atoms with E-state index in [1.165, 1.54) is 5.51 Å². The van der Waals surface area contributed by atoms with Gasteiger partial charge in [0.15, 0.2) is 0 Å². The van der Waals surface area contributed by atoms with E-state index in [0.29, 0.717) is 10.1 Å². The number of urea groups is 1. The van der Waals surface area contributed by atoms with Gasteiger partial charge < -0.3 is 0 Å². The summed E-state index contributed by atoms with van der Waals surface area (Å²) >= 11 is 6.49. The van der Waals surface area contributed by atoms with Crippen LogP contribution in [0.3, 0.4) is 0 Å². The molecule has 76 valence electrons. The Morgan fingerprint density at radius 1 is 1.79 bits per heavy atom. The Bertz CT molecular complexity index is 305. The molecule has 0 aliphatic carbocycles. The third-order valence-corrected chi connectivity index (χ3v) is 1.98. The van der Waals surface area contributed by atoms with Gasteiger partial charge in [-0.2, -0.15) is 5.01 Å². The molecule has 1 aromatic heterocycles. The first-order valence-electron chi connectivity index (χ1n) is 3.52. The maximum absolute atomic E-state index is 11.2. The summed E-state index contributed by atoms with van der Waals surface area (Å²) in [5, 5.41) is 12.9. The second-order valence-electron chi connectivity index (χ2n) is 2.07. The van der Waals surface area contributed by atoms with Gasteiger partial charge >= 0.3 is 6.03 Å². The minimum atomic E-state index is -0.669. The molecule has 0 spiro atoms. The molecule has 0 aliphatic heterocycles. The van der Waals surface area contributed by atoms with Gasteiger partial charge in [-0.25, -0.2) is 4.79 Å². The number of hydrogen-bond donors (Lipinski definition) is 1. The molecule has 0 aromatic carbocycles. The van der Waals surface area contributed by atoms with Gasteiger partial charge in [-0.15, -0.1) is 26.7 Å². The lowest BCUT2D eigenvalue weighted by molar-refractivity contribution is 0.216. The normalized spacial score (nSPS) is 9.50. The number of nitrogens with zero attached hydrogens (tertiary/aromatic N) is 4. The van der Waals surface area contributed by atoms with Crippen molar-refractivity contribution in [3.63, 3.8) is 0 Å². The SMILES string of the molecule is O=NN(CCCl)C(=O)Nc1nncs1. The molecule has 0 aliphatic rings. The molecule has 0 fully saturated rings. The lowest BCUT2D eigenvalue weighted by Gasteiger charge is -2.10. The topological polar surface area (TPSA) is 87.5 Å². The first kappa shape index (κ1) is 10.8. The zero-order chi connectivity index (χ0) is 10.4. The number of alkyl halides is 1. The molecule has 0 atom stereocenters. The molecular weight excluding hydrogens is 230 g/mol. The van der Waals surface area contributed by atoms with Crippen molar-refractivity contribution in [1.29, 1.82) is 0 Å². The summed E-state index contributed by atoms with van der Waals surface area (Å²) in [6.45, 7) is 0.0513. The zero-order valence-electron chi connectivity index (χ0n) is 6.88. The highest BCUT2D eigenvalue weighted by Gasteiger charge is 2.14. The largest absolute Gasteiger partial charge is 0.346 e. The molecule has 1 aromatic rings. The van der Waals surface area contributed by atoms with E-state index in [1.54, 1.807) is 0 Å². The number of halogens is 1. The van der Waals surface area contributed by atoms with Crippen molar-refractivity contribution in [3.8, 4) is 0 Å². The van der Waals surface area contributed by atoms with Gasteiger partial charge in [0.05, 0.1) is 11.8 Å². The van der Waals surface area contributed by atoms with Crippen molar-refractivity contribution >= 4 is 34.1 Å². The van der Waals surface area contributed by atoms with Crippen LogP contribution in [0.2, 0.25) is 0 Å². The van der Waals surface area contributed by atoms with Crippen LogP contribution < -0.4 is 5.32 Å². The fraction of sp³-hybridized carbons (Fsp3) is 0.400. The smallest absolute Gasteiger partial charge is 0.280 e. The summed E-state index contributed by atoms with van der Waals surface area (Å²) in [5.74, 6) is 0.134. The molecule has 14 heavy (non-hydrogen) atoms. The minimum absolute atomic E-state index is 0.0513. The molecule has 2 amide bonds. The maximum Gasteiger partial charge on any atom is 0.346 e. The predicted molar refractivity (Wildman–Crippen MR) is 52.1 cm³/mol. The Labute approximate surface area is 88.0 Å². The highest BCUT2D eigenvalue weighted by Crippen LogP contribution is 2.09. The van der Waals surface area contributed by atoms with Crippen molar-refractivity contribution in [1.82, 2.24) is 15.2 Å². The molecule has 0 saturated carbocycles. The third kappa shape index (κ3) is 2.89. The van der Waals surface area contributed by atoms with Gasteiger partial charge in [0, 0.05) is 5.88 Å². The highest BCUT2D eigenvalue weighted by atomic mass is 35.5. The molecule has 0 unspecified atom stereocenters. The molecule has 1 heterocycles. The molecule has 1 rings (SSSR count). The van der Waals surface area contributed by atoms with Crippen molar-refractivity contribution in [3.05, 3.63) is 10.4 Å². The van der Waals surface area contributed by atoms with Crippen LogP contribution in [-0.4, -0.2) is 33.7 Å². The quantitative estimate of drug-likeness (QED) is 0.484. The van der Waals surface area contributed by atoms with Crippen LogP contribution in [0.5, 0.6) is 0 Å². The number of carbonyl (C=O) groups excluding carboxylic acids is 1. The Kier molecular flexibility index (Phi) is 4.20. The summed E-state index contributed by atoms with van der Waals surface area (Å²) in [5.41, 5.74) is 1.45. The summed E-state index contributed by atoms with van der Waals surface area (Å²) < 4.78 is 0. The van der Waals surface area contributed by atoms with Gasteiger partial charge in [-0.05, 0) is 0 Å². The number of nitroso groups, excluding NO2 is 1. The van der Waals surface area contributed by atoms with Crippen LogP contribution in [0.4, 0.5) is 9.93 Å². The molecule has 9 heteroatoms. The first-order valence-corrected chi connectivity index (χ1v) is 4.93. The van der Waals surface area contributed by atoms with E-state index in [4.69, 9.17) is 11.6 Å². The van der Waals surface area contributed by atoms with Gasteiger partial charge in [-0.1, -0.05) is 11.3 Å². The summed E-state index contributed by atoms with van der Waals surface area (Å²) in [6.07, 6.45) is 0. The molecular formula is C5H6ClN5O2S. The van der Waals surface area contributed by atoms with E-state index in [2.05, 4.69) is 20.8 Å². The van der Waals surface area contributed by atoms with E-state index in [-0.39, 0.29) is 12.4 Å². The van der Waals surface area contributed by atoms with Gasteiger partial charge in [0.25, 0.3) is 0 Å². The van der Waals surface area contributed by atoms with Crippen LogP contribution in [0, 0.1) is 4.91 Å². The second kappa shape index (κ2) is 5.45. The van der Waals surface area contributed by atoms with Crippen LogP contribution in [-0.2, 0) is 0 Å². The third-order valence-electron chi connectivity index (χ3n) is 1.20. The average molecular weight is 236 g/mol. The number of nitrogens with one attached hydrogen (secondary N) is 1. The number of hydrogen-bond acceptors (Lipinski definition) is 6. The summed E-state index contributed by atoms with van der Waals surface area (Å²) in [6, 6.07) is -0.669. The monoisotopic (exact) mass is 235 g/mol. The predicted octanol–water partition coefficient (Wildman–Crippen LogP) is 1.29. The van der Waals surface area contributed by atoms with E-state index < -0.39 is 6.03 Å². The van der Waals surface area contributed by atoms with Crippen molar-refractivity contribution < 1.29 is 4.79 Å². The summed E-state index contributed by atoms with van der Waals surface area (Å²) in [4.78, 5) is 21.4. The number of anilines is 1. The number of amides is 2.